The Morgan fingerprint density at radius 3 is 2.89 bits per heavy atom. The van der Waals surface area contributed by atoms with Crippen LogP contribution in [0.3, 0.4) is 0 Å². The van der Waals surface area contributed by atoms with Gasteiger partial charge in [0, 0.05) is 6.20 Å². The summed E-state index contributed by atoms with van der Waals surface area (Å²) in [6.45, 7) is 0. The maximum Gasteiger partial charge on any atom is 0.260 e. The van der Waals surface area contributed by atoms with Gasteiger partial charge >= 0.3 is 0 Å². The van der Waals surface area contributed by atoms with Crippen LogP contribution in [0.25, 0.3) is 0 Å². The molecule has 18 heavy (non-hydrogen) atoms. The smallest absolute Gasteiger partial charge is 0.260 e. The van der Waals surface area contributed by atoms with E-state index in [0.717, 1.165) is 0 Å². The van der Waals surface area contributed by atoms with Crippen molar-refractivity contribution in [3.05, 3.63) is 47.0 Å². The van der Waals surface area contributed by atoms with Gasteiger partial charge in [-0.05, 0) is 18.2 Å². The molecule has 1 heterocycles. The molecule has 0 atom stereocenters. The van der Waals surface area contributed by atoms with Crippen molar-refractivity contribution >= 4 is 29.1 Å². The van der Waals surface area contributed by atoms with Gasteiger partial charge in [0.15, 0.2) is 0 Å². The molecule has 2 rings (SSSR count). The summed E-state index contributed by atoms with van der Waals surface area (Å²) in [7, 11) is 0. The minimum Gasteiger partial charge on any atom is -0.396 e. The third-order valence-corrected chi connectivity index (χ3v) is 2.35. The maximum absolute atomic E-state index is 13.2. The highest BCUT2D eigenvalue weighted by molar-refractivity contribution is 6.29. The number of anilines is 2. The number of benzene rings is 1. The first-order valence-corrected chi connectivity index (χ1v) is 5.29. The Morgan fingerprint density at radius 1 is 1.39 bits per heavy atom. The van der Waals surface area contributed by atoms with Crippen LogP contribution in [0.15, 0.2) is 30.5 Å². The third-order valence-electron chi connectivity index (χ3n) is 2.14. The number of nitrogens with zero attached hydrogens (tertiary/aromatic N) is 2. The van der Waals surface area contributed by atoms with Crippen molar-refractivity contribution in [1.29, 1.82) is 0 Å². The molecule has 1 aromatic heterocycles. The van der Waals surface area contributed by atoms with Crippen molar-refractivity contribution in [3.8, 4) is 0 Å². The molecule has 2 aromatic rings. The van der Waals surface area contributed by atoms with E-state index in [-0.39, 0.29) is 22.4 Å². The van der Waals surface area contributed by atoms with Gasteiger partial charge in [0.25, 0.3) is 5.91 Å². The van der Waals surface area contributed by atoms with Crippen LogP contribution in [-0.4, -0.2) is 15.9 Å². The summed E-state index contributed by atoms with van der Waals surface area (Å²) in [6.07, 6.45) is 1.39. The Kier molecular flexibility index (Phi) is 3.38. The van der Waals surface area contributed by atoms with E-state index in [4.69, 9.17) is 17.3 Å². The largest absolute Gasteiger partial charge is 0.396 e. The number of nitrogen functional groups attached to an aromatic ring is 1. The average molecular weight is 267 g/mol. The minimum absolute atomic E-state index is 0.0126. The van der Waals surface area contributed by atoms with Gasteiger partial charge in [-0.2, -0.15) is 0 Å². The predicted octanol–water partition coefficient (Wildman–Crippen LogP) is 2.10. The Morgan fingerprint density at radius 2 is 2.17 bits per heavy atom. The van der Waals surface area contributed by atoms with Crippen molar-refractivity contribution in [3.63, 3.8) is 0 Å². The fraction of sp³-hybridized carbons (Fsp3) is 0. The number of halogens is 2. The Labute approximate surface area is 107 Å². The number of hydrogen-bond donors (Lipinski definition) is 2. The maximum atomic E-state index is 13.2. The quantitative estimate of drug-likeness (QED) is 0.644. The molecule has 0 aliphatic rings. The van der Waals surface area contributed by atoms with Crippen molar-refractivity contribution in [2.75, 3.05) is 11.1 Å². The molecule has 1 amide bonds. The molecule has 0 radical (unpaired) electrons. The number of carbonyl (C=O) groups excluding carboxylic acids is 1. The van der Waals surface area contributed by atoms with Gasteiger partial charge in [-0.1, -0.05) is 17.7 Å². The molecular formula is C11H8ClFN4O. The van der Waals surface area contributed by atoms with Crippen LogP contribution in [0.2, 0.25) is 5.15 Å². The molecular weight excluding hydrogens is 259 g/mol. The van der Waals surface area contributed by atoms with E-state index in [1.165, 1.54) is 30.5 Å². The van der Waals surface area contributed by atoms with Gasteiger partial charge in [-0.15, -0.1) is 0 Å². The summed E-state index contributed by atoms with van der Waals surface area (Å²) in [5, 5.41) is 2.56. The predicted molar refractivity (Wildman–Crippen MR) is 65.8 cm³/mol. The first kappa shape index (κ1) is 12.3. The lowest BCUT2D eigenvalue weighted by Gasteiger charge is -2.06. The SMILES string of the molecule is Nc1c(F)cccc1C(=O)Nc1nccc(Cl)n1. The standard InChI is InChI=1S/C11H8ClFN4O/c12-8-4-5-15-11(16-8)17-10(18)6-2-1-3-7(13)9(6)14/h1-5H,14H2,(H,15,16,17,18). The van der Waals surface area contributed by atoms with Crippen LogP contribution in [-0.2, 0) is 0 Å². The zero-order valence-corrected chi connectivity index (χ0v) is 9.78. The van der Waals surface area contributed by atoms with Gasteiger partial charge in [0.2, 0.25) is 5.95 Å². The summed E-state index contributed by atoms with van der Waals surface area (Å²) < 4.78 is 13.2. The molecule has 1 aromatic carbocycles. The summed E-state index contributed by atoms with van der Waals surface area (Å²) in [4.78, 5) is 19.4. The first-order chi connectivity index (χ1) is 8.58. The van der Waals surface area contributed by atoms with E-state index < -0.39 is 11.7 Å². The monoisotopic (exact) mass is 266 g/mol. The van der Waals surface area contributed by atoms with Crippen LogP contribution in [0, 0.1) is 5.82 Å². The van der Waals surface area contributed by atoms with Crippen LogP contribution in [0.4, 0.5) is 16.0 Å². The van der Waals surface area contributed by atoms with Crippen molar-refractivity contribution < 1.29 is 9.18 Å². The summed E-state index contributed by atoms with van der Waals surface area (Å²) in [6, 6.07) is 5.42. The van der Waals surface area contributed by atoms with Gasteiger partial charge in [-0.25, -0.2) is 14.4 Å². The van der Waals surface area contributed by atoms with E-state index in [1.807, 2.05) is 0 Å². The highest BCUT2D eigenvalue weighted by Crippen LogP contribution is 2.17. The normalized spacial score (nSPS) is 10.1. The first-order valence-electron chi connectivity index (χ1n) is 4.92. The van der Waals surface area contributed by atoms with Crippen molar-refractivity contribution in [2.45, 2.75) is 0 Å². The van der Waals surface area contributed by atoms with Crippen LogP contribution >= 0.6 is 11.6 Å². The second-order valence-electron chi connectivity index (χ2n) is 3.36. The third kappa shape index (κ3) is 2.54. The van der Waals surface area contributed by atoms with E-state index in [0.29, 0.717) is 0 Å². The van der Waals surface area contributed by atoms with Crippen LogP contribution < -0.4 is 11.1 Å². The Hall–Kier alpha value is -2.21. The molecule has 0 aliphatic heterocycles. The van der Waals surface area contributed by atoms with E-state index >= 15 is 0 Å². The van der Waals surface area contributed by atoms with Crippen molar-refractivity contribution in [1.82, 2.24) is 9.97 Å². The lowest BCUT2D eigenvalue weighted by Crippen LogP contribution is -2.16. The van der Waals surface area contributed by atoms with Crippen molar-refractivity contribution in [2.24, 2.45) is 0 Å². The lowest BCUT2D eigenvalue weighted by atomic mass is 10.1. The molecule has 0 bridgehead atoms. The highest BCUT2D eigenvalue weighted by atomic mass is 35.5. The molecule has 0 spiro atoms. The van der Waals surface area contributed by atoms with Gasteiger partial charge in [0.05, 0.1) is 11.3 Å². The van der Waals surface area contributed by atoms with Gasteiger partial charge < -0.3 is 5.73 Å². The number of hydrogen-bond acceptors (Lipinski definition) is 4. The number of para-hydroxylation sites is 1. The molecule has 7 heteroatoms. The minimum atomic E-state index is -0.658. The second kappa shape index (κ2) is 4.97. The summed E-state index contributed by atoms with van der Waals surface area (Å²) >= 11 is 5.64. The molecule has 0 saturated heterocycles. The molecule has 0 unspecified atom stereocenters. The molecule has 3 N–H and O–H groups in total. The van der Waals surface area contributed by atoms with E-state index in [2.05, 4.69) is 15.3 Å². The Balaban J connectivity index is 2.25. The number of amides is 1. The van der Waals surface area contributed by atoms with Gasteiger partial charge in [-0.3, -0.25) is 10.1 Å². The van der Waals surface area contributed by atoms with Gasteiger partial charge in [0.1, 0.15) is 11.0 Å². The summed E-state index contributed by atoms with van der Waals surface area (Å²) in [5.41, 5.74) is 5.25. The molecule has 5 nitrogen and oxygen atoms in total. The zero-order valence-electron chi connectivity index (χ0n) is 9.02. The molecule has 0 fully saturated rings. The average Bonchev–Trinajstić information content (AvgIpc) is 2.32. The Bertz CT molecular complexity index is 605. The molecule has 92 valence electrons. The van der Waals surface area contributed by atoms with E-state index in [1.54, 1.807) is 0 Å². The number of nitrogens with two attached hydrogens (primary N) is 1. The second-order valence-corrected chi connectivity index (χ2v) is 3.75. The fourth-order valence-electron chi connectivity index (χ4n) is 1.30. The fourth-order valence-corrected chi connectivity index (χ4v) is 1.44. The summed E-state index contributed by atoms with van der Waals surface area (Å²) in [5.74, 6) is -1.24. The van der Waals surface area contributed by atoms with Crippen LogP contribution in [0.5, 0.6) is 0 Å². The zero-order chi connectivity index (χ0) is 13.1. The van der Waals surface area contributed by atoms with E-state index in [9.17, 15) is 9.18 Å². The topological polar surface area (TPSA) is 80.9 Å². The van der Waals surface area contributed by atoms with Crippen LogP contribution in [0.1, 0.15) is 10.4 Å². The number of nitrogens with one attached hydrogen (secondary N) is 1. The highest BCUT2D eigenvalue weighted by Gasteiger charge is 2.13. The number of carbonyl (C=O) groups is 1. The number of aromatic nitrogens is 2. The molecule has 0 aliphatic carbocycles. The number of rotatable bonds is 2. The lowest BCUT2D eigenvalue weighted by molar-refractivity contribution is 0.102. The molecule has 0 saturated carbocycles.